The van der Waals surface area contributed by atoms with Crippen molar-refractivity contribution in [2.75, 3.05) is 82.6 Å². The lowest BCUT2D eigenvalue weighted by Gasteiger charge is -2.36. The number of amides is 6. The molecule has 0 aliphatic carbocycles. The summed E-state index contributed by atoms with van der Waals surface area (Å²) in [5.41, 5.74) is 9.07. The molecule has 0 radical (unpaired) electrons. The number of aliphatic hydroxyl groups excluding tert-OH is 1. The molecule has 4 atom stereocenters. The van der Waals surface area contributed by atoms with E-state index in [4.69, 9.17) is 14.2 Å². The first-order valence-electron chi connectivity index (χ1n) is 27.7. The fraction of sp³-hybridized carbons (Fsp3) is 0.410. The van der Waals surface area contributed by atoms with Crippen molar-refractivity contribution < 1.29 is 48.1 Å². The maximum atomic E-state index is 14.0. The molecule has 1 unspecified atom stereocenters. The summed E-state index contributed by atoms with van der Waals surface area (Å²) in [7, 11) is 0. The van der Waals surface area contributed by atoms with Gasteiger partial charge in [-0.3, -0.25) is 34.1 Å². The highest BCUT2D eigenvalue weighted by Crippen LogP contribution is 2.36. The molecule has 2 saturated heterocycles. The Hall–Kier alpha value is -7.40. The van der Waals surface area contributed by atoms with Crippen molar-refractivity contribution in [2.45, 2.75) is 84.3 Å². The molecule has 0 spiro atoms. The Morgan fingerprint density at radius 2 is 1.45 bits per heavy atom. The fourth-order valence-electron chi connectivity index (χ4n) is 10.4. The summed E-state index contributed by atoms with van der Waals surface area (Å²) in [5.74, 6) is -1.68. The molecule has 2 fully saturated rings. The highest BCUT2D eigenvalue weighted by atomic mass is 32.1. The van der Waals surface area contributed by atoms with E-state index in [1.165, 1.54) is 16.2 Å². The van der Waals surface area contributed by atoms with E-state index in [1.807, 2.05) is 123 Å². The fourth-order valence-corrected chi connectivity index (χ4v) is 11.7. The van der Waals surface area contributed by atoms with Gasteiger partial charge in [-0.25, -0.2) is 9.97 Å². The number of benzene rings is 4. The number of aliphatic hydroxyl groups is 1. The van der Waals surface area contributed by atoms with Gasteiger partial charge in [-0.05, 0) is 63.9 Å². The second kappa shape index (κ2) is 27.6. The molecule has 3 aliphatic rings. The minimum absolute atomic E-state index is 0.00608. The van der Waals surface area contributed by atoms with E-state index in [2.05, 4.69) is 43.0 Å². The number of fused-ring (bicyclic) bond motifs is 1. The van der Waals surface area contributed by atoms with Crippen molar-refractivity contribution >= 4 is 68.9 Å². The van der Waals surface area contributed by atoms with Gasteiger partial charge in [0.1, 0.15) is 18.1 Å². The van der Waals surface area contributed by atoms with E-state index in [0.717, 1.165) is 49.6 Å². The summed E-state index contributed by atoms with van der Waals surface area (Å²) in [6.45, 7) is 12.1. The SMILES string of the molecule is Cc1ncsc1-c1ccc(CNC(=O)[C@@H]2C[C@@H](O)CN2C(=O)[C@@H](NC(=O)CCOCCOCCOCCC(=O)N2CCN(c3ccc(-c4ccc5c(c4)C(=O)N(C(C(=O)Nc4nccs4)c4ccccc4)C5)cc3)CC2)C(C)(C)C)cc1. The van der Waals surface area contributed by atoms with Crippen LogP contribution in [-0.2, 0) is 51.3 Å². The van der Waals surface area contributed by atoms with Crippen LogP contribution in [0.3, 0.4) is 0 Å². The van der Waals surface area contributed by atoms with Gasteiger partial charge in [0.25, 0.3) is 11.8 Å². The number of anilines is 2. The quantitative estimate of drug-likeness (QED) is 0.0455. The molecule has 5 heterocycles. The summed E-state index contributed by atoms with van der Waals surface area (Å²) in [6.07, 6.45) is 1.11. The Balaban J connectivity index is 0.627. The molecule has 0 saturated carbocycles. The number of rotatable bonds is 24. The smallest absolute Gasteiger partial charge is 0.255 e. The summed E-state index contributed by atoms with van der Waals surface area (Å²) >= 11 is 2.89. The van der Waals surface area contributed by atoms with Gasteiger partial charge < -0.3 is 49.6 Å². The van der Waals surface area contributed by atoms with Crippen molar-refractivity contribution in [3.05, 3.63) is 142 Å². The molecule has 6 amide bonds. The number of aryl methyl sites for hydroxylation is 1. The number of hydrogen-bond acceptors (Lipinski definition) is 15. The van der Waals surface area contributed by atoms with Crippen LogP contribution in [-0.4, -0.2) is 156 Å². The number of carbonyl (C=O) groups excluding carboxylic acids is 6. The van der Waals surface area contributed by atoms with Crippen LogP contribution in [0.5, 0.6) is 0 Å². The van der Waals surface area contributed by atoms with Gasteiger partial charge in [0.15, 0.2) is 5.13 Å². The predicted octanol–water partition coefficient (Wildman–Crippen LogP) is 6.87. The average Bonchev–Trinajstić information content (AvgIpc) is 4.27. The van der Waals surface area contributed by atoms with E-state index >= 15 is 0 Å². The number of hydrogen-bond donors (Lipinski definition) is 4. The average molecular weight is 1150 g/mol. The summed E-state index contributed by atoms with van der Waals surface area (Å²) in [4.78, 5) is 98.0. The molecule has 3 aliphatic heterocycles. The summed E-state index contributed by atoms with van der Waals surface area (Å²) in [6, 6.07) is 28.6. The summed E-state index contributed by atoms with van der Waals surface area (Å²) < 4.78 is 17.0. The number of thiazole rings is 2. The summed E-state index contributed by atoms with van der Waals surface area (Å²) in [5, 5.41) is 21.5. The zero-order chi connectivity index (χ0) is 57.8. The zero-order valence-electron chi connectivity index (χ0n) is 46.7. The lowest BCUT2D eigenvalue weighted by molar-refractivity contribution is -0.144. The molecule has 4 aromatic carbocycles. The van der Waals surface area contributed by atoms with Gasteiger partial charge in [0.2, 0.25) is 23.6 Å². The molecule has 6 aromatic rings. The van der Waals surface area contributed by atoms with Crippen LogP contribution < -0.4 is 20.9 Å². The molecule has 0 bridgehead atoms. The third kappa shape index (κ3) is 15.0. The van der Waals surface area contributed by atoms with Crippen molar-refractivity contribution in [2.24, 2.45) is 5.41 Å². The molecule has 19 nitrogen and oxygen atoms in total. The van der Waals surface area contributed by atoms with Gasteiger partial charge in [-0.1, -0.05) is 99.6 Å². The van der Waals surface area contributed by atoms with Crippen LogP contribution in [0.15, 0.2) is 114 Å². The molecule has 4 N–H and O–H groups in total. The van der Waals surface area contributed by atoms with Gasteiger partial charge in [0, 0.05) is 81.5 Å². The number of likely N-dealkylation sites (tertiary alicyclic amines) is 1. The van der Waals surface area contributed by atoms with Gasteiger partial charge in [0.05, 0.1) is 68.2 Å². The third-order valence-corrected chi connectivity index (χ3v) is 16.5. The largest absolute Gasteiger partial charge is 0.391 e. The number of nitrogens with zero attached hydrogens (tertiary/aromatic N) is 6. The number of nitrogens with one attached hydrogen (secondary N) is 3. The minimum atomic E-state index is -0.947. The van der Waals surface area contributed by atoms with Crippen LogP contribution in [0.25, 0.3) is 21.6 Å². The monoisotopic (exact) mass is 1150 g/mol. The van der Waals surface area contributed by atoms with E-state index in [-0.39, 0.29) is 88.3 Å². The maximum Gasteiger partial charge on any atom is 0.255 e. The van der Waals surface area contributed by atoms with Crippen LogP contribution in [0.2, 0.25) is 0 Å². The second-order valence-corrected chi connectivity index (χ2v) is 23.4. The van der Waals surface area contributed by atoms with Crippen LogP contribution >= 0.6 is 22.7 Å². The van der Waals surface area contributed by atoms with Crippen molar-refractivity contribution in [3.8, 4) is 21.6 Å². The van der Waals surface area contributed by atoms with Crippen molar-refractivity contribution in [1.29, 1.82) is 0 Å². The Bertz CT molecular complexity index is 3150. The number of β-amino-alcohol motifs (C(OH)–C–C–N with tert-alkyl or cyclic N) is 1. The first-order chi connectivity index (χ1) is 39.6. The zero-order valence-corrected chi connectivity index (χ0v) is 48.3. The number of aromatic nitrogens is 2. The molecular formula is C61H71N9O10S2. The molecule has 432 valence electrons. The van der Waals surface area contributed by atoms with E-state index in [9.17, 15) is 33.9 Å². The third-order valence-electron chi connectivity index (χ3n) is 14.9. The molecule has 9 rings (SSSR count). The molecule has 21 heteroatoms. The highest BCUT2D eigenvalue weighted by Gasteiger charge is 2.45. The lowest BCUT2D eigenvalue weighted by atomic mass is 9.85. The van der Waals surface area contributed by atoms with Crippen LogP contribution in [0.1, 0.15) is 78.8 Å². The maximum absolute atomic E-state index is 14.0. The highest BCUT2D eigenvalue weighted by molar-refractivity contribution is 7.14. The van der Waals surface area contributed by atoms with E-state index in [0.29, 0.717) is 56.6 Å². The first-order valence-corrected chi connectivity index (χ1v) is 29.5. The van der Waals surface area contributed by atoms with Crippen LogP contribution in [0, 0.1) is 12.3 Å². The van der Waals surface area contributed by atoms with Gasteiger partial charge in [-0.2, -0.15) is 0 Å². The minimum Gasteiger partial charge on any atom is -0.391 e. The number of piperazine rings is 1. The topological polar surface area (TPSA) is 225 Å². The van der Waals surface area contributed by atoms with Crippen molar-refractivity contribution in [3.63, 3.8) is 0 Å². The number of carbonyl (C=O) groups is 6. The normalized spacial score (nSPS) is 16.9. The lowest BCUT2D eigenvalue weighted by Crippen LogP contribution is -2.57. The Labute approximate surface area is 486 Å². The number of ether oxygens (including phenoxy) is 3. The van der Waals surface area contributed by atoms with Crippen LogP contribution in [0.4, 0.5) is 10.8 Å². The van der Waals surface area contributed by atoms with E-state index in [1.54, 1.807) is 27.8 Å². The molecular weight excluding hydrogens is 1080 g/mol. The first kappa shape index (κ1) is 59.2. The molecule has 2 aromatic heterocycles. The van der Waals surface area contributed by atoms with Gasteiger partial charge in [-0.15, -0.1) is 22.7 Å². The Morgan fingerprint density at radius 3 is 2.11 bits per heavy atom. The second-order valence-electron chi connectivity index (χ2n) is 21.6. The molecule has 82 heavy (non-hydrogen) atoms. The predicted molar refractivity (Wildman–Crippen MR) is 314 cm³/mol. The van der Waals surface area contributed by atoms with Gasteiger partial charge >= 0.3 is 0 Å². The Kier molecular flexibility index (Phi) is 19.9. The van der Waals surface area contributed by atoms with Crippen molar-refractivity contribution in [1.82, 2.24) is 35.3 Å². The standard InChI is InChI=1S/C61H71N9O10S2/c1-40-54(82-39-64-40)44-12-10-41(11-13-44)36-63-56(74)50-35-48(71)38-69(50)59(77)55(61(2,3)4)65-51(72)20-27-78-29-31-80-32-30-79-28-21-52(73)68-25-23-67(24-26-68)47-18-16-42(17-19-47)45-14-15-46-37-70(58(76)49(46)34-45)53(43-8-6-5-7-9-43)57(75)66-60-62-22-33-81-60/h5-19,22,33-34,39,48,50,53,55,71H,20-21,23-32,35-38H2,1-4H3,(H,63,74)(H,65,72)(H,62,66,75)/t48-,50+,53?,55-/m1/s1. The Morgan fingerprint density at radius 1 is 0.780 bits per heavy atom. The van der Waals surface area contributed by atoms with E-state index < -0.39 is 35.6 Å².